The molecule has 1 unspecified atom stereocenters. The van der Waals surface area contributed by atoms with Crippen molar-refractivity contribution in [3.8, 4) is 0 Å². The zero-order chi connectivity index (χ0) is 9.30. The van der Waals surface area contributed by atoms with Gasteiger partial charge in [-0.25, -0.2) is 9.97 Å². The molecule has 2 N–H and O–H groups in total. The number of aliphatic hydroxyl groups excluding tert-OH is 1. The summed E-state index contributed by atoms with van der Waals surface area (Å²) in [6, 6.07) is 0. The highest BCUT2D eigenvalue weighted by atomic mass is 16.6. The van der Waals surface area contributed by atoms with E-state index < -0.39 is 11.0 Å². The number of nitrogens with zero attached hydrogens (tertiary/aromatic N) is 2. The van der Waals surface area contributed by atoms with Gasteiger partial charge in [0.15, 0.2) is 11.5 Å². The van der Waals surface area contributed by atoms with Crippen molar-refractivity contribution in [2.45, 2.75) is 20.0 Å². The van der Waals surface area contributed by atoms with Crippen molar-refractivity contribution in [2.75, 3.05) is 0 Å². The Bertz CT molecular complexity index is 305. The van der Waals surface area contributed by atoms with Crippen LogP contribution in [0.25, 0.3) is 0 Å². The highest BCUT2D eigenvalue weighted by Crippen LogP contribution is 2.21. The van der Waals surface area contributed by atoms with E-state index in [4.69, 9.17) is 5.11 Å². The predicted molar refractivity (Wildman–Crippen MR) is 40.6 cm³/mol. The summed E-state index contributed by atoms with van der Waals surface area (Å²) in [5, 5.41) is 19.4. The van der Waals surface area contributed by atoms with E-state index in [1.54, 1.807) is 6.92 Å². The van der Waals surface area contributed by atoms with Gasteiger partial charge < -0.3 is 15.2 Å². The van der Waals surface area contributed by atoms with Crippen LogP contribution in [0.1, 0.15) is 24.5 Å². The fourth-order valence-electron chi connectivity index (χ4n) is 0.927. The Labute approximate surface area is 68.4 Å². The number of hydrogen-bond donors (Lipinski definition) is 2. The molecule has 0 saturated carbocycles. The molecule has 0 aliphatic heterocycles. The van der Waals surface area contributed by atoms with Gasteiger partial charge in [-0.2, -0.15) is 0 Å². The molecule has 1 rings (SSSR count). The molecular weight excluding hydrogens is 162 g/mol. The zero-order valence-corrected chi connectivity index (χ0v) is 6.74. The average molecular weight is 171 g/mol. The van der Waals surface area contributed by atoms with Crippen molar-refractivity contribution in [1.29, 1.82) is 0 Å². The first-order valence-corrected chi connectivity index (χ1v) is 3.41. The number of imidazole rings is 1. The molecular formula is C6H9N3O3. The maximum Gasteiger partial charge on any atom is 0.346 e. The van der Waals surface area contributed by atoms with E-state index in [0.717, 1.165) is 0 Å². The lowest BCUT2D eigenvalue weighted by molar-refractivity contribution is -0.390. The van der Waals surface area contributed by atoms with Gasteiger partial charge in [0.05, 0.1) is 0 Å². The van der Waals surface area contributed by atoms with Crippen molar-refractivity contribution >= 4 is 5.82 Å². The third kappa shape index (κ3) is 1.42. The average Bonchev–Trinajstić information content (AvgIpc) is 2.31. The van der Waals surface area contributed by atoms with Gasteiger partial charge in [-0.3, -0.25) is 0 Å². The Balaban J connectivity index is 3.17. The maximum atomic E-state index is 10.4. The molecule has 0 radical (unpaired) electrons. The molecule has 66 valence electrons. The summed E-state index contributed by atoms with van der Waals surface area (Å²) in [4.78, 5) is 16.0. The quantitative estimate of drug-likeness (QED) is 0.505. The lowest BCUT2D eigenvalue weighted by Crippen LogP contribution is -1.97. The van der Waals surface area contributed by atoms with Crippen LogP contribution in [0.4, 0.5) is 5.82 Å². The van der Waals surface area contributed by atoms with Crippen LogP contribution in [-0.2, 0) is 0 Å². The molecule has 6 nitrogen and oxygen atoms in total. The molecule has 0 amide bonds. The molecule has 1 aromatic rings. The Morgan fingerprint density at radius 2 is 2.33 bits per heavy atom. The van der Waals surface area contributed by atoms with Crippen LogP contribution in [-0.4, -0.2) is 20.0 Å². The predicted octanol–water partition coefficient (Wildman–Crippen LogP) is 0.680. The first-order chi connectivity index (χ1) is 5.52. The number of aryl methyl sites for hydroxylation is 1. The number of nitro groups is 1. The smallest absolute Gasteiger partial charge is 0.346 e. The SMILES string of the molecule is Cc1nc(C(C)O)c([N+](=O)[O-])[nH]1. The third-order valence-electron chi connectivity index (χ3n) is 1.41. The van der Waals surface area contributed by atoms with Crippen LogP contribution < -0.4 is 0 Å². The molecule has 0 aliphatic carbocycles. The fraction of sp³-hybridized carbons (Fsp3) is 0.500. The van der Waals surface area contributed by atoms with E-state index in [9.17, 15) is 10.1 Å². The monoisotopic (exact) mass is 171 g/mol. The molecule has 0 saturated heterocycles. The summed E-state index contributed by atoms with van der Waals surface area (Å²) < 4.78 is 0. The Morgan fingerprint density at radius 1 is 1.75 bits per heavy atom. The van der Waals surface area contributed by atoms with Crippen LogP contribution in [0.5, 0.6) is 0 Å². The van der Waals surface area contributed by atoms with Crippen molar-refractivity contribution in [2.24, 2.45) is 0 Å². The van der Waals surface area contributed by atoms with E-state index >= 15 is 0 Å². The first kappa shape index (κ1) is 8.66. The molecule has 1 aromatic heterocycles. The van der Waals surface area contributed by atoms with Crippen LogP contribution in [0.2, 0.25) is 0 Å². The molecule has 0 bridgehead atoms. The number of aromatic nitrogens is 2. The van der Waals surface area contributed by atoms with Gasteiger partial charge in [-0.1, -0.05) is 0 Å². The van der Waals surface area contributed by atoms with Crippen molar-refractivity contribution in [1.82, 2.24) is 9.97 Å². The van der Waals surface area contributed by atoms with Gasteiger partial charge in [-0.05, 0) is 11.8 Å². The van der Waals surface area contributed by atoms with E-state index in [0.29, 0.717) is 5.82 Å². The van der Waals surface area contributed by atoms with Crippen molar-refractivity contribution < 1.29 is 10.0 Å². The summed E-state index contributed by atoms with van der Waals surface area (Å²) in [6.45, 7) is 3.03. The first-order valence-electron chi connectivity index (χ1n) is 3.41. The maximum absolute atomic E-state index is 10.4. The lowest BCUT2D eigenvalue weighted by Gasteiger charge is -1.98. The van der Waals surface area contributed by atoms with Gasteiger partial charge in [0, 0.05) is 6.92 Å². The largest absolute Gasteiger partial charge is 0.387 e. The van der Waals surface area contributed by atoms with Crippen molar-refractivity contribution in [3.05, 3.63) is 21.6 Å². The second-order valence-electron chi connectivity index (χ2n) is 2.49. The number of hydrogen-bond acceptors (Lipinski definition) is 4. The number of rotatable bonds is 2. The molecule has 0 aliphatic rings. The highest BCUT2D eigenvalue weighted by molar-refractivity contribution is 5.29. The minimum absolute atomic E-state index is 0.0810. The molecule has 1 heterocycles. The summed E-state index contributed by atoms with van der Waals surface area (Å²) in [6.07, 6.45) is -0.921. The summed E-state index contributed by atoms with van der Waals surface area (Å²) in [5.74, 6) is 0.195. The van der Waals surface area contributed by atoms with Gasteiger partial charge in [0.2, 0.25) is 0 Å². The lowest BCUT2D eigenvalue weighted by atomic mass is 10.3. The zero-order valence-electron chi connectivity index (χ0n) is 6.74. The summed E-state index contributed by atoms with van der Waals surface area (Å²) in [5.41, 5.74) is 0.0810. The van der Waals surface area contributed by atoms with Crippen molar-refractivity contribution in [3.63, 3.8) is 0 Å². The second kappa shape index (κ2) is 2.90. The van der Waals surface area contributed by atoms with Crippen LogP contribution >= 0.6 is 0 Å². The molecule has 6 heteroatoms. The van der Waals surface area contributed by atoms with E-state index in [-0.39, 0.29) is 11.5 Å². The number of aromatic amines is 1. The minimum atomic E-state index is -0.921. The Morgan fingerprint density at radius 3 is 2.67 bits per heavy atom. The summed E-state index contributed by atoms with van der Waals surface area (Å²) >= 11 is 0. The van der Waals surface area contributed by atoms with Crippen LogP contribution in [0.15, 0.2) is 0 Å². The molecule has 0 fully saturated rings. The van der Waals surface area contributed by atoms with E-state index in [1.807, 2.05) is 0 Å². The fourth-order valence-corrected chi connectivity index (χ4v) is 0.927. The van der Waals surface area contributed by atoms with Gasteiger partial charge in [0.25, 0.3) is 0 Å². The standard InChI is InChI=1S/C6H9N3O3/c1-3(10)5-6(9(11)12)8-4(2)7-5/h3,10H,1-2H3,(H,7,8). The van der Waals surface area contributed by atoms with Crippen LogP contribution in [0, 0.1) is 17.0 Å². The van der Waals surface area contributed by atoms with Crippen LogP contribution in [0.3, 0.4) is 0 Å². The number of H-pyrrole nitrogens is 1. The minimum Gasteiger partial charge on any atom is -0.387 e. The Hall–Kier alpha value is -1.43. The molecule has 0 spiro atoms. The highest BCUT2D eigenvalue weighted by Gasteiger charge is 2.21. The topological polar surface area (TPSA) is 92.1 Å². The van der Waals surface area contributed by atoms with Gasteiger partial charge >= 0.3 is 5.82 Å². The molecule has 1 atom stereocenters. The second-order valence-corrected chi connectivity index (χ2v) is 2.49. The van der Waals surface area contributed by atoms with E-state index in [1.165, 1.54) is 6.92 Å². The third-order valence-corrected chi connectivity index (χ3v) is 1.41. The van der Waals surface area contributed by atoms with E-state index in [2.05, 4.69) is 9.97 Å². The number of nitrogens with one attached hydrogen (secondary N) is 1. The van der Waals surface area contributed by atoms with Gasteiger partial charge in [0.1, 0.15) is 6.10 Å². The summed E-state index contributed by atoms with van der Waals surface area (Å²) in [7, 11) is 0. The Kier molecular flexibility index (Phi) is 2.09. The van der Waals surface area contributed by atoms with Gasteiger partial charge in [-0.15, -0.1) is 0 Å². The molecule has 12 heavy (non-hydrogen) atoms. The molecule has 0 aromatic carbocycles. The normalized spacial score (nSPS) is 12.9. The number of aliphatic hydroxyl groups is 1.